The Morgan fingerprint density at radius 2 is 1.91 bits per heavy atom. The first-order valence-electron chi connectivity index (χ1n) is 10.4. The maximum Gasteiger partial charge on any atom is 0.306 e. The molecule has 0 amide bonds. The van der Waals surface area contributed by atoms with Crippen LogP contribution < -0.4 is 4.74 Å². The molecule has 3 heterocycles. The van der Waals surface area contributed by atoms with Crippen LogP contribution in [0.5, 0.6) is 5.75 Å². The van der Waals surface area contributed by atoms with Gasteiger partial charge in [0.05, 0.1) is 35.4 Å². The number of ether oxygens (including phenoxy) is 2. The van der Waals surface area contributed by atoms with Gasteiger partial charge in [-0.2, -0.15) is 0 Å². The number of nitrogens with zero attached hydrogens (tertiary/aromatic N) is 3. The second kappa shape index (κ2) is 8.68. The van der Waals surface area contributed by atoms with Crippen molar-refractivity contribution in [2.45, 2.75) is 18.9 Å². The first-order valence-corrected chi connectivity index (χ1v) is 10.7. The zero-order valence-corrected chi connectivity index (χ0v) is 17.8. The zero-order valence-electron chi connectivity index (χ0n) is 17.1. The molecule has 3 aromatic heterocycles. The summed E-state index contributed by atoms with van der Waals surface area (Å²) in [6, 6.07) is 13.3. The lowest BCUT2D eigenvalue weighted by atomic mass is 9.82. The van der Waals surface area contributed by atoms with Crippen molar-refractivity contribution >= 4 is 39.4 Å². The maximum atomic E-state index is 10.8. The molecule has 0 aliphatic heterocycles. The minimum Gasteiger partial charge on any atom is -0.491 e. The molecule has 1 N–H and O–H groups in total. The lowest BCUT2D eigenvalue weighted by Gasteiger charge is -2.31. The Kier molecular flexibility index (Phi) is 5.59. The molecule has 0 radical (unpaired) electrons. The monoisotopic (exact) mass is 449 g/mol. The van der Waals surface area contributed by atoms with Crippen LogP contribution in [0.25, 0.3) is 33.1 Å². The number of carbonyl (C=O) groups is 1. The third-order valence-electron chi connectivity index (χ3n) is 5.65. The molecular weight excluding hydrogens is 430 g/mol. The van der Waals surface area contributed by atoms with Crippen LogP contribution >= 0.6 is 11.6 Å². The molecule has 162 valence electrons. The topological polar surface area (TPSA) is 94.4 Å². The summed E-state index contributed by atoms with van der Waals surface area (Å²) in [6.45, 7) is 0.813. The highest BCUT2D eigenvalue weighted by Crippen LogP contribution is 2.31. The summed E-state index contributed by atoms with van der Waals surface area (Å²) in [6.07, 6.45) is 4.69. The first kappa shape index (κ1) is 20.6. The Morgan fingerprint density at radius 3 is 2.75 bits per heavy atom. The summed E-state index contributed by atoms with van der Waals surface area (Å²) >= 11 is 6.09. The van der Waals surface area contributed by atoms with Gasteiger partial charge in [0.2, 0.25) is 0 Å². The number of carboxylic acids is 1. The van der Waals surface area contributed by atoms with Crippen LogP contribution in [-0.4, -0.2) is 45.3 Å². The molecule has 1 saturated carbocycles. The number of aromatic nitrogens is 3. The highest BCUT2D eigenvalue weighted by Gasteiger charge is 2.34. The van der Waals surface area contributed by atoms with E-state index in [1.807, 2.05) is 36.4 Å². The van der Waals surface area contributed by atoms with Gasteiger partial charge in [-0.15, -0.1) is 0 Å². The van der Waals surface area contributed by atoms with Gasteiger partial charge in [0.15, 0.2) is 0 Å². The molecule has 5 rings (SSSR count). The zero-order chi connectivity index (χ0) is 22.1. The lowest BCUT2D eigenvalue weighted by Crippen LogP contribution is -2.36. The first-order chi connectivity index (χ1) is 15.6. The molecular formula is C24H20ClN3O4. The van der Waals surface area contributed by atoms with Gasteiger partial charge in [-0.05, 0) is 49.2 Å². The van der Waals surface area contributed by atoms with E-state index >= 15 is 0 Å². The van der Waals surface area contributed by atoms with E-state index in [-0.39, 0.29) is 12.0 Å². The molecule has 8 heteroatoms. The fourth-order valence-electron chi connectivity index (χ4n) is 3.83. The predicted octanol–water partition coefficient (Wildman–Crippen LogP) is 4.76. The van der Waals surface area contributed by atoms with Crippen LogP contribution in [0.15, 0.2) is 54.9 Å². The minimum atomic E-state index is -0.746. The Bertz CT molecular complexity index is 1310. The molecule has 1 aliphatic carbocycles. The van der Waals surface area contributed by atoms with E-state index in [1.54, 1.807) is 18.5 Å². The number of halogens is 1. The fraction of sp³-hybridized carbons (Fsp3) is 0.250. The van der Waals surface area contributed by atoms with Crippen LogP contribution in [0.1, 0.15) is 12.8 Å². The molecule has 0 atom stereocenters. The smallest absolute Gasteiger partial charge is 0.306 e. The second-order valence-corrected chi connectivity index (χ2v) is 8.18. The highest BCUT2D eigenvalue weighted by molar-refractivity contribution is 6.29. The van der Waals surface area contributed by atoms with Crippen molar-refractivity contribution in [1.29, 1.82) is 0 Å². The Hall–Kier alpha value is -3.29. The van der Waals surface area contributed by atoms with Crippen LogP contribution in [0, 0.1) is 5.92 Å². The number of benzene rings is 1. The van der Waals surface area contributed by atoms with E-state index in [0.29, 0.717) is 37.0 Å². The molecule has 0 spiro atoms. The molecule has 1 fully saturated rings. The number of hydrogen-bond donors (Lipinski definition) is 1. The third kappa shape index (κ3) is 4.22. The summed E-state index contributed by atoms with van der Waals surface area (Å²) in [5, 5.41) is 11.2. The van der Waals surface area contributed by atoms with Crippen molar-refractivity contribution < 1.29 is 19.4 Å². The number of aliphatic carboxylic acids is 1. The molecule has 4 aromatic rings. The highest BCUT2D eigenvalue weighted by atomic mass is 35.5. The number of carboxylic acid groups (broad SMARTS) is 1. The van der Waals surface area contributed by atoms with E-state index in [9.17, 15) is 4.79 Å². The number of rotatable bonds is 7. The second-order valence-electron chi connectivity index (χ2n) is 7.79. The van der Waals surface area contributed by atoms with Crippen LogP contribution in [0.2, 0.25) is 5.15 Å². The van der Waals surface area contributed by atoms with Gasteiger partial charge in [-0.3, -0.25) is 14.8 Å². The quantitative estimate of drug-likeness (QED) is 0.321. The van der Waals surface area contributed by atoms with Crippen LogP contribution in [0.3, 0.4) is 0 Å². The summed E-state index contributed by atoms with van der Waals surface area (Å²) < 4.78 is 11.4. The Morgan fingerprint density at radius 1 is 1.06 bits per heavy atom. The SMILES string of the molecule is O=C(O)C1CC(OCCOc2ccc3cc(-c4nccc5ccc(Cl)nc45)cnc3c2)C1. The van der Waals surface area contributed by atoms with Crippen molar-refractivity contribution in [2.24, 2.45) is 5.92 Å². The number of fused-ring (bicyclic) bond motifs is 2. The van der Waals surface area contributed by atoms with Gasteiger partial charge in [-0.1, -0.05) is 11.6 Å². The predicted molar refractivity (Wildman–Crippen MR) is 121 cm³/mol. The third-order valence-corrected chi connectivity index (χ3v) is 5.86. The average molecular weight is 450 g/mol. The van der Waals surface area contributed by atoms with Gasteiger partial charge in [0.25, 0.3) is 0 Å². The maximum absolute atomic E-state index is 10.8. The summed E-state index contributed by atoms with van der Waals surface area (Å²) in [5.74, 6) is -0.312. The molecule has 1 aliphatic rings. The molecule has 0 unspecified atom stereocenters. The van der Waals surface area contributed by atoms with Gasteiger partial charge in [0.1, 0.15) is 17.5 Å². The average Bonchev–Trinajstić information content (AvgIpc) is 2.76. The van der Waals surface area contributed by atoms with Crippen molar-refractivity contribution in [3.63, 3.8) is 0 Å². The summed E-state index contributed by atoms with van der Waals surface area (Å²) in [4.78, 5) is 24.3. The normalized spacial score (nSPS) is 17.9. The molecule has 0 saturated heterocycles. The van der Waals surface area contributed by atoms with E-state index in [1.165, 1.54) is 0 Å². The van der Waals surface area contributed by atoms with E-state index < -0.39 is 5.97 Å². The Labute approximate surface area is 189 Å². The lowest BCUT2D eigenvalue weighted by molar-refractivity contribution is -0.151. The van der Waals surface area contributed by atoms with Gasteiger partial charge in [-0.25, -0.2) is 4.98 Å². The van der Waals surface area contributed by atoms with Crippen LogP contribution in [-0.2, 0) is 9.53 Å². The fourth-order valence-corrected chi connectivity index (χ4v) is 3.98. The summed E-state index contributed by atoms with van der Waals surface area (Å²) in [7, 11) is 0. The van der Waals surface area contributed by atoms with Crippen LogP contribution in [0.4, 0.5) is 0 Å². The van der Waals surface area contributed by atoms with Crippen molar-refractivity contribution in [3.05, 3.63) is 60.0 Å². The van der Waals surface area contributed by atoms with Gasteiger partial charge < -0.3 is 14.6 Å². The minimum absolute atomic E-state index is 0.0171. The number of pyridine rings is 3. The van der Waals surface area contributed by atoms with Crippen molar-refractivity contribution in [1.82, 2.24) is 15.0 Å². The molecule has 7 nitrogen and oxygen atoms in total. The summed E-state index contributed by atoms with van der Waals surface area (Å²) in [5.41, 5.74) is 3.14. The molecule has 0 bridgehead atoms. The number of hydrogen-bond acceptors (Lipinski definition) is 6. The van der Waals surface area contributed by atoms with E-state index in [2.05, 4.69) is 15.0 Å². The molecule has 32 heavy (non-hydrogen) atoms. The van der Waals surface area contributed by atoms with Gasteiger partial charge in [0, 0.05) is 34.8 Å². The van der Waals surface area contributed by atoms with Gasteiger partial charge >= 0.3 is 5.97 Å². The standard InChI is InChI=1S/C24H20ClN3O4/c25-21-4-2-14-5-6-26-22(23(14)28-21)17-9-15-1-3-18(12-20(15)27-13-17)31-7-8-32-19-10-16(11-19)24(29)30/h1-6,9,12-13,16,19H,7-8,10-11H2,(H,29,30). The van der Waals surface area contributed by atoms with Crippen molar-refractivity contribution in [3.8, 4) is 17.0 Å². The van der Waals surface area contributed by atoms with Crippen molar-refractivity contribution in [2.75, 3.05) is 13.2 Å². The Balaban J connectivity index is 1.26. The molecule has 1 aromatic carbocycles. The van der Waals surface area contributed by atoms with E-state index in [4.69, 9.17) is 26.2 Å². The largest absolute Gasteiger partial charge is 0.491 e. The van der Waals surface area contributed by atoms with E-state index in [0.717, 1.165) is 33.1 Å².